The highest BCUT2D eigenvalue weighted by Gasteiger charge is 2.14. The molecule has 0 unspecified atom stereocenters. The fourth-order valence-electron chi connectivity index (χ4n) is 2.38. The molecule has 0 atom stereocenters. The maximum absolute atomic E-state index is 12.0. The van der Waals surface area contributed by atoms with Crippen LogP contribution in [0.1, 0.15) is 62.9 Å². The van der Waals surface area contributed by atoms with Gasteiger partial charge in [-0.2, -0.15) is 0 Å². The summed E-state index contributed by atoms with van der Waals surface area (Å²) < 4.78 is 25.9. The van der Waals surface area contributed by atoms with E-state index in [0.717, 1.165) is 37.1 Å². The van der Waals surface area contributed by atoms with Crippen LogP contribution in [-0.2, 0) is 10.0 Å². The molecule has 6 nitrogen and oxygen atoms in total. The largest absolute Gasteiger partial charge is 0.385 e. The SMILES string of the molecule is Cc1cc(C(=O)NC(C)C)ccc1NCCCCCNS(=O)(=O)C(C)C. The van der Waals surface area contributed by atoms with Crippen LogP contribution < -0.4 is 15.4 Å². The van der Waals surface area contributed by atoms with Gasteiger partial charge >= 0.3 is 0 Å². The molecule has 0 aliphatic carbocycles. The molecule has 7 heteroatoms. The lowest BCUT2D eigenvalue weighted by atomic mass is 10.1. The van der Waals surface area contributed by atoms with Crippen molar-refractivity contribution in [3.05, 3.63) is 29.3 Å². The summed E-state index contributed by atoms with van der Waals surface area (Å²) in [5.74, 6) is -0.0569. The number of anilines is 1. The maximum Gasteiger partial charge on any atom is 0.251 e. The zero-order valence-corrected chi connectivity index (χ0v) is 17.4. The summed E-state index contributed by atoms with van der Waals surface area (Å²) in [5, 5.41) is 5.87. The number of unbranched alkanes of at least 4 members (excludes halogenated alkanes) is 2. The first-order valence-corrected chi connectivity index (χ1v) is 10.8. The molecule has 0 aliphatic heterocycles. The monoisotopic (exact) mass is 383 g/mol. The average molecular weight is 384 g/mol. The van der Waals surface area contributed by atoms with E-state index in [1.807, 2.05) is 39.0 Å². The third-order valence-corrected chi connectivity index (χ3v) is 5.85. The topological polar surface area (TPSA) is 87.3 Å². The van der Waals surface area contributed by atoms with Gasteiger partial charge in [-0.1, -0.05) is 6.42 Å². The number of sulfonamides is 1. The molecule has 0 spiro atoms. The second-order valence-electron chi connectivity index (χ2n) is 7.13. The number of nitrogens with one attached hydrogen (secondary N) is 3. The van der Waals surface area contributed by atoms with E-state index in [9.17, 15) is 13.2 Å². The lowest BCUT2D eigenvalue weighted by Crippen LogP contribution is -2.31. The van der Waals surface area contributed by atoms with Crippen LogP contribution in [0.25, 0.3) is 0 Å². The summed E-state index contributed by atoms with van der Waals surface area (Å²) in [5.41, 5.74) is 2.72. The third-order valence-electron chi connectivity index (χ3n) is 4.00. The fraction of sp³-hybridized carbons (Fsp3) is 0.632. The van der Waals surface area contributed by atoms with Crippen LogP contribution in [0.2, 0.25) is 0 Å². The van der Waals surface area contributed by atoms with Gasteiger partial charge in [0.05, 0.1) is 5.25 Å². The van der Waals surface area contributed by atoms with Crippen molar-refractivity contribution in [3.8, 4) is 0 Å². The molecule has 0 bridgehead atoms. The zero-order chi connectivity index (χ0) is 19.7. The predicted molar refractivity (Wildman–Crippen MR) is 108 cm³/mol. The zero-order valence-electron chi connectivity index (χ0n) is 16.6. The molecule has 1 rings (SSSR count). The Morgan fingerprint density at radius 2 is 1.69 bits per heavy atom. The fourth-order valence-corrected chi connectivity index (χ4v) is 3.14. The van der Waals surface area contributed by atoms with E-state index < -0.39 is 15.3 Å². The Hall–Kier alpha value is -1.60. The van der Waals surface area contributed by atoms with E-state index in [0.29, 0.717) is 12.1 Å². The van der Waals surface area contributed by atoms with Crippen LogP contribution >= 0.6 is 0 Å². The molecule has 0 fully saturated rings. The Bertz CT molecular complexity index is 685. The lowest BCUT2D eigenvalue weighted by Gasteiger charge is -2.13. The molecule has 1 aromatic rings. The minimum absolute atomic E-state index is 0.0569. The molecule has 0 saturated carbocycles. The Labute approximate surface area is 158 Å². The molecular formula is C19H33N3O3S. The molecule has 26 heavy (non-hydrogen) atoms. The average Bonchev–Trinajstić information content (AvgIpc) is 2.54. The molecule has 0 heterocycles. The Balaban J connectivity index is 2.32. The Morgan fingerprint density at radius 1 is 1.04 bits per heavy atom. The van der Waals surface area contributed by atoms with Gasteiger partial charge in [0.2, 0.25) is 10.0 Å². The Morgan fingerprint density at radius 3 is 2.27 bits per heavy atom. The van der Waals surface area contributed by atoms with Gasteiger partial charge in [0.1, 0.15) is 0 Å². The molecule has 0 aromatic heterocycles. The van der Waals surface area contributed by atoms with Crippen molar-refractivity contribution < 1.29 is 13.2 Å². The van der Waals surface area contributed by atoms with Gasteiger partial charge in [0.15, 0.2) is 0 Å². The van der Waals surface area contributed by atoms with E-state index in [1.165, 1.54) is 0 Å². The van der Waals surface area contributed by atoms with Gasteiger partial charge in [-0.15, -0.1) is 0 Å². The van der Waals surface area contributed by atoms with Gasteiger partial charge in [-0.3, -0.25) is 4.79 Å². The third kappa shape index (κ3) is 7.74. The molecular weight excluding hydrogens is 350 g/mol. The second-order valence-corrected chi connectivity index (χ2v) is 9.45. The van der Waals surface area contributed by atoms with E-state index in [2.05, 4.69) is 15.4 Å². The molecule has 3 N–H and O–H groups in total. The number of carbonyl (C=O) groups is 1. The number of rotatable bonds is 11. The van der Waals surface area contributed by atoms with Crippen molar-refractivity contribution in [2.24, 2.45) is 0 Å². The van der Waals surface area contributed by atoms with Gasteiger partial charge in [0, 0.05) is 30.4 Å². The number of benzene rings is 1. The number of amides is 1. The van der Waals surface area contributed by atoms with Crippen molar-refractivity contribution in [2.75, 3.05) is 18.4 Å². The molecule has 1 aromatic carbocycles. The highest BCUT2D eigenvalue weighted by molar-refractivity contribution is 7.90. The molecule has 0 saturated heterocycles. The second kappa shape index (κ2) is 10.5. The molecule has 0 aliphatic rings. The van der Waals surface area contributed by atoms with Crippen molar-refractivity contribution in [1.82, 2.24) is 10.0 Å². The molecule has 1 amide bonds. The first-order chi connectivity index (χ1) is 12.1. The maximum atomic E-state index is 12.0. The lowest BCUT2D eigenvalue weighted by molar-refractivity contribution is 0.0943. The number of hydrogen-bond acceptors (Lipinski definition) is 4. The number of carbonyl (C=O) groups excluding carboxylic acids is 1. The van der Waals surface area contributed by atoms with E-state index in [1.54, 1.807) is 13.8 Å². The first kappa shape index (κ1) is 22.4. The van der Waals surface area contributed by atoms with Gasteiger partial charge in [0.25, 0.3) is 5.91 Å². The minimum atomic E-state index is -3.16. The number of aryl methyl sites for hydroxylation is 1. The van der Waals surface area contributed by atoms with Gasteiger partial charge < -0.3 is 10.6 Å². The van der Waals surface area contributed by atoms with Crippen molar-refractivity contribution in [1.29, 1.82) is 0 Å². The van der Waals surface area contributed by atoms with Crippen LogP contribution in [0.3, 0.4) is 0 Å². The summed E-state index contributed by atoms with van der Waals surface area (Å²) in [6.45, 7) is 10.5. The van der Waals surface area contributed by atoms with Crippen LogP contribution in [0.4, 0.5) is 5.69 Å². The minimum Gasteiger partial charge on any atom is -0.385 e. The highest BCUT2D eigenvalue weighted by Crippen LogP contribution is 2.17. The van der Waals surface area contributed by atoms with Gasteiger partial charge in [-0.05, 0) is 71.2 Å². The summed E-state index contributed by atoms with van der Waals surface area (Å²) >= 11 is 0. The van der Waals surface area contributed by atoms with Crippen molar-refractivity contribution in [3.63, 3.8) is 0 Å². The summed E-state index contributed by atoms with van der Waals surface area (Å²) in [6, 6.07) is 5.76. The van der Waals surface area contributed by atoms with Crippen molar-refractivity contribution in [2.45, 2.75) is 65.2 Å². The standard InChI is InChI=1S/C19H33N3O3S/c1-14(2)22-19(23)17-9-10-18(16(5)13-17)20-11-7-6-8-12-21-26(24,25)15(3)4/h9-10,13-15,20-21H,6-8,11-12H2,1-5H3,(H,22,23). The molecule has 148 valence electrons. The smallest absolute Gasteiger partial charge is 0.251 e. The normalized spacial score (nSPS) is 11.8. The van der Waals surface area contributed by atoms with Gasteiger partial charge in [-0.25, -0.2) is 13.1 Å². The van der Waals surface area contributed by atoms with Crippen LogP contribution in [-0.4, -0.2) is 38.7 Å². The van der Waals surface area contributed by atoms with E-state index >= 15 is 0 Å². The van der Waals surface area contributed by atoms with E-state index in [4.69, 9.17) is 0 Å². The van der Waals surface area contributed by atoms with Crippen LogP contribution in [0.15, 0.2) is 18.2 Å². The first-order valence-electron chi connectivity index (χ1n) is 9.27. The number of hydrogen-bond donors (Lipinski definition) is 3. The molecule has 0 radical (unpaired) electrons. The highest BCUT2D eigenvalue weighted by atomic mass is 32.2. The summed E-state index contributed by atoms with van der Waals surface area (Å²) in [4.78, 5) is 12.0. The van der Waals surface area contributed by atoms with Crippen LogP contribution in [0, 0.1) is 6.92 Å². The quantitative estimate of drug-likeness (QED) is 0.513. The van der Waals surface area contributed by atoms with Crippen molar-refractivity contribution >= 4 is 21.6 Å². The summed E-state index contributed by atoms with van der Waals surface area (Å²) in [7, 11) is -3.16. The predicted octanol–water partition coefficient (Wildman–Crippen LogP) is 3.04. The Kier molecular flexibility index (Phi) is 9.08. The van der Waals surface area contributed by atoms with E-state index in [-0.39, 0.29) is 11.9 Å². The van der Waals surface area contributed by atoms with Crippen LogP contribution in [0.5, 0.6) is 0 Å². The summed E-state index contributed by atoms with van der Waals surface area (Å²) in [6.07, 6.45) is 2.72.